The number of fused-ring (bicyclic) bond motifs is 1. The van der Waals surface area contributed by atoms with Crippen LogP contribution in [0.2, 0.25) is 0 Å². The molecule has 0 radical (unpaired) electrons. The molecule has 0 aliphatic carbocycles. The van der Waals surface area contributed by atoms with Gasteiger partial charge in [0.15, 0.2) is 0 Å². The molecule has 0 bridgehead atoms. The van der Waals surface area contributed by atoms with Gasteiger partial charge in [-0.05, 0) is 36.8 Å². The summed E-state index contributed by atoms with van der Waals surface area (Å²) in [6.45, 7) is 4.64. The van der Waals surface area contributed by atoms with Gasteiger partial charge in [-0.2, -0.15) is 0 Å². The molecule has 1 N–H and O–H groups in total. The summed E-state index contributed by atoms with van der Waals surface area (Å²) in [6, 6.07) is 15.6. The molecule has 3 aromatic rings. The SMILES string of the molecule is CCOCCn1c(CCNC(=O)Cc2ccc(OC)cc2)nc2ccccc21. The fourth-order valence-corrected chi connectivity index (χ4v) is 3.17. The number of ether oxygens (including phenoxy) is 2. The number of nitrogens with zero attached hydrogens (tertiary/aromatic N) is 2. The second-order valence-electron chi connectivity index (χ2n) is 6.49. The number of carbonyl (C=O) groups is 1. The largest absolute Gasteiger partial charge is 0.497 e. The number of methoxy groups -OCH3 is 1. The van der Waals surface area contributed by atoms with Crippen LogP contribution in [0.25, 0.3) is 11.0 Å². The van der Waals surface area contributed by atoms with Gasteiger partial charge in [0, 0.05) is 26.1 Å². The highest BCUT2D eigenvalue weighted by atomic mass is 16.5. The minimum absolute atomic E-state index is 0.00199. The normalized spacial score (nSPS) is 10.9. The van der Waals surface area contributed by atoms with Gasteiger partial charge in [0.05, 0.1) is 31.2 Å². The number of para-hydroxylation sites is 2. The van der Waals surface area contributed by atoms with E-state index in [1.54, 1.807) is 7.11 Å². The van der Waals surface area contributed by atoms with Crippen molar-refractivity contribution >= 4 is 16.9 Å². The summed E-state index contributed by atoms with van der Waals surface area (Å²) in [5, 5.41) is 2.99. The summed E-state index contributed by atoms with van der Waals surface area (Å²) in [5.41, 5.74) is 3.03. The monoisotopic (exact) mass is 381 g/mol. The summed E-state index contributed by atoms with van der Waals surface area (Å²) >= 11 is 0. The van der Waals surface area contributed by atoms with Crippen LogP contribution in [0.1, 0.15) is 18.3 Å². The van der Waals surface area contributed by atoms with Crippen LogP contribution in [0.15, 0.2) is 48.5 Å². The average molecular weight is 381 g/mol. The third kappa shape index (κ3) is 5.10. The maximum atomic E-state index is 12.2. The zero-order valence-corrected chi connectivity index (χ0v) is 16.5. The molecule has 0 saturated heterocycles. The predicted octanol–water partition coefficient (Wildman–Crippen LogP) is 2.98. The Kier molecular flexibility index (Phi) is 7.03. The van der Waals surface area contributed by atoms with Crippen molar-refractivity contribution in [1.29, 1.82) is 0 Å². The summed E-state index contributed by atoms with van der Waals surface area (Å²) in [5.74, 6) is 1.75. The van der Waals surface area contributed by atoms with E-state index in [4.69, 9.17) is 14.5 Å². The molecular formula is C22H27N3O3. The second kappa shape index (κ2) is 9.90. The van der Waals surface area contributed by atoms with Crippen LogP contribution in [0, 0.1) is 0 Å². The molecule has 1 aromatic heterocycles. The lowest BCUT2D eigenvalue weighted by atomic mass is 10.1. The first-order valence-electron chi connectivity index (χ1n) is 9.62. The minimum Gasteiger partial charge on any atom is -0.497 e. The first-order chi connectivity index (χ1) is 13.7. The van der Waals surface area contributed by atoms with Gasteiger partial charge in [-0.15, -0.1) is 0 Å². The second-order valence-corrected chi connectivity index (χ2v) is 6.49. The van der Waals surface area contributed by atoms with Gasteiger partial charge < -0.3 is 19.4 Å². The Labute approximate surface area is 165 Å². The molecule has 148 valence electrons. The third-order valence-corrected chi connectivity index (χ3v) is 4.59. The van der Waals surface area contributed by atoms with Crippen molar-refractivity contribution in [3.05, 3.63) is 59.9 Å². The fourth-order valence-electron chi connectivity index (χ4n) is 3.17. The Balaban J connectivity index is 1.58. The molecular weight excluding hydrogens is 354 g/mol. The highest BCUT2D eigenvalue weighted by Crippen LogP contribution is 2.16. The van der Waals surface area contributed by atoms with Crippen LogP contribution in [0.4, 0.5) is 0 Å². The topological polar surface area (TPSA) is 65.4 Å². The molecule has 0 atom stereocenters. The molecule has 0 spiro atoms. The van der Waals surface area contributed by atoms with Crippen LogP contribution in [0.5, 0.6) is 5.75 Å². The molecule has 2 aromatic carbocycles. The van der Waals surface area contributed by atoms with Gasteiger partial charge in [0.1, 0.15) is 11.6 Å². The van der Waals surface area contributed by atoms with Crippen LogP contribution < -0.4 is 10.1 Å². The van der Waals surface area contributed by atoms with Crippen molar-refractivity contribution in [1.82, 2.24) is 14.9 Å². The molecule has 3 rings (SSSR count). The average Bonchev–Trinajstić information content (AvgIpc) is 3.06. The fraction of sp³-hybridized carbons (Fsp3) is 0.364. The number of amides is 1. The lowest BCUT2D eigenvalue weighted by Crippen LogP contribution is -2.28. The molecule has 1 heterocycles. The number of hydrogen-bond acceptors (Lipinski definition) is 4. The first kappa shape index (κ1) is 19.9. The van der Waals surface area contributed by atoms with Gasteiger partial charge in [0.2, 0.25) is 5.91 Å². The van der Waals surface area contributed by atoms with Gasteiger partial charge in [0.25, 0.3) is 0 Å². The van der Waals surface area contributed by atoms with Crippen molar-refractivity contribution in [2.24, 2.45) is 0 Å². The molecule has 6 nitrogen and oxygen atoms in total. The minimum atomic E-state index is 0.00199. The van der Waals surface area contributed by atoms with Crippen molar-refractivity contribution in [3.63, 3.8) is 0 Å². The summed E-state index contributed by atoms with van der Waals surface area (Å²) < 4.78 is 12.8. The number of rotatable bonds is 10. The van der Waals surface area contributed by atoms with Crippen LogP contribution in [0.3, 0.4) is 0 Å². The van der Waals surface area contributed by atoms with E-state index in [1.165, 1.54) is 0 Å². The highest BCUT2D eigenvalue weighted by Gasteiger charge is 2.11. The molecule has 0 aliphatic rings. The maximum absolute atomic E-state index is 12.2. The zero-order valence-electron chi connectivity index (χ0n) is 16.5. The van der Waals surface area contributed by atoms with Gasteiger partial charge in [-0.3, -0.25) is 4.79 Å². The quantitative estimate of drug-likeness (QED) is 0.549. The smallest absolute Gasteiger partial charge is 0.224 e. The van der Waals surface area contributed by atoms with Crippen molar-refractivity contribution < 1.29 is 14.3 Å². The molecule has 0 saturated carbocycles. The van der Waals surface area contributed by atoms with Crippen LogP contribution in [-0.4, -0.2) is 42.3 Å². The highest BCUT2D eigenvalue weighted by molar-refractivity contribution is 5.78. The number of aromatic nitrogens is 2. The number of nitrogens with one attached hydrogen (secondary N) is 1. The van der Waals surface area contributed by atoms with E-state index < -0.39 is 0 Å². The first-order valence-corrected chi connectivity index (χ1v) is 9.62. The maximum Gasteiger partial charge on any atom is 0.224 e. The number of imidazole rings is 1. The number of benzene rings is 2. The predicted molar refractivity (Wildman–Crippen MR) is 110 cm³/mol. The van der Waals surface area contributed by atoms with Crippen LogP contribution in [-0.2, 0) is 28.9 Å². The van der Waals surface area contributed by atoms with Crippen LogP contribution >= 0.6 is 0 Å². The Hall–Kier alpha value is -2.86. The molecule has 0 aliphatic heterocycles. The zero-order chi connectivity index (χ0) is 19.8. The molecule has 1 amide bonds. The van der Waals surface area contributed by atoms with Gasteiger partial charge in [-0.1, -0.05) is 24.3 Å². The Morgan fingerprint density at radius 3 is 2.68 bits per heavy atom. The van der Waals surface area contributed by atoms with Crippen molar-refractivity contribution in [2.45, 2.75) is 26.3 Å². The van der Waals surface area contributed by atoms with Gasteiger partial charge >= 0.3 is 0 Å². The Morgan fingerprint density at radius 2 is 1.93 bits per heavy atom. The molecule has 0 fully saturated rings. The van der Waals surface area contributed by atoms with E-state index in [2.05, 4.69) is 16.0 Å². The third-order valence-electron chi connectivity index (χ3n) is 4.59. The summed E-state index contributed by atoms with van der Waals surface area (Å²) in [6.07, 6.45) is 1.03. The van der Waals surface area contributed by atoms with E-state index >= 15 is 0 Å². The summed E-state index contributed by atoms with van der Waals surface area (Å²) in [7, 11) is 1.63. The molecule has 28 heavy (non-hydrogen) atoms. The molecule has 6 heteroatoms. The lowest BCUT2D eigenvalue weighted by Gasteiger charge is -2.10. The Bertz CT molecular complexity index is 903. The summed E-state index contributed by atoms with van der Waals surface area (Å²) in [4.78, 5) is 17.0. The van der Waals surface area contributed by atoms with E-state index in [1.807, 2.05) is 49.4 Å². The van der Waals surface area contributed by atoms with E-state index in [-0.39, 0.29) is 5.91 Å². The number of hydrogen-bond donors (Lipinski definition) is 1. The Morgan fingerprint density at radius 1 is 1.14 bits per heavy atom. The van der Waals surface area contributed by atoms with E-state index in [9.17, 15) is 4.79 Å². The lowest BCUT2D eigenvalue weighted by molar-refractivity contribution is -0.120. The van der Waals surface area contributed by atoms with Gasteiger partial charge in [-0.25, -0.2) is 4.98 Å². The van der Waals surface area contributed by atoms with E-state index in [0.717, 1.165) is 34.7 Å². The number of carbonyl (C=O) groups excluding carboxylic acids is 1. The molecule has 0 unspecified atom stereocenters. The van der Waals surface area contributed by atoms with Crippen molar-refractivity contribution in [2.75, 3.05) is 26.9 Å². The van der Waals surface area contributed by atoms with Crippen molar-refractivity contribution in [3.8, 4) is 5.75 Å². The standard InChI is InChI=1S/C22H27N3O3/c1-3-28-15-14-25-20-7-5-4-6-19(20)24-21(25)12-13-23-22(26)16-17-8-10-18(27-2)11-9-17/h4-11H,3,12-16H2,1-2H3,(H,23,26). The van der Waals surface area contributed by atoms with E-state index in [0.29, 0.717) is 32.6 Å².